The third-order valence-electron chi connectivity index (χ3n) is 2.82. The first-order valence-corrected chi connectivity index (χ1v) is 5.84. The minimum atomic E-state index is -0.521. The van der Waals surface area contributed by atoms with Gasteiger partial charge in [-0.25, -0.2) is 4.79 Å². The summed E-state index contributed by atoms with van der Waals surface area (Å²) < 4.78 is 10.6. The van der Waals surface area contributed by atoms with Crippen molar-refractivity contribution in [2.45, 2.75) is 32.8 Å². The van der Waals surface area contributed by atoms with Gasteiger partial charge in [-0.15, -0.1) is 0 Å². The molecule has 0 spiro atoms. The van der Waals surface area contributed by atoms with E-state index in [0.29, 0.717) is 24.5 Å². The van der Waals surface area contributed by atoms with E-state index in [1.54, 1.807) is 6.92 Å². The summed E-state index contributed by atoms with van der Waals surface area (Å²) in [5, 5.41) is 0. The molecule has 2 rings (SSSR count). The molecule has 0 amide bonds. The highest BCUT2D eigenvalue weighted by molar-refractivity contribution is 5.76. The van der Waals surface area contributed by atoms with Gasteiger partial charge in [0.2, 0.25) is 0 Å². The van der Waals surface area contributed by atoms with Crippen molar-refractivity contribution in [2.75, 3.05) is 12.3 Å². The van der Waals surface area contributed by atoms with Crippen molar-refractivity contribution in [3.05, 3.63) is 23.3 Å². The highest BCUT2D eigenvalue weighted by Crippen LogP contribution is 2.34. The van der Waals surface area contributed by atoms with Crippen molar-refractivity contribution < 1.29 is 14.3 Å². The lowest BCUT2D eigenvalue weighted by Crippen LogP contribution is -2.33. The van der Waals surface area contributed by atoms with Crippen LogP contribution in [-0.2, 0) is 16.0 Å². The van der Waals surface area contributed by atoms with E-state index >= 15 is 0 Å². The first-order valence-electron chi connectivity index (χ1n) is 5.84. The zero-order valence-corrected chi connectivity index (χ0v) is 10.2. The van der Waals surface area contributed by atoms with Crippen LogP contribution in [0.4, 0.5) is 5.69 Å². The fourth-order valence-corrected chi connectivity index (χ4v) is 2.10. The van der Waals surface area contributed by atoms with Crippen molar-refractivity contribution in [3.63, 3.8) is 0 Å². The van der Waals surface area contributed by atoms with E-state index < -0.39 is 6.10 Å². The third kappa shape index (κ3) is 2.35. The Hall–Kier alpha value is -1.71. The van der Waals surface area contributed by atoms with Crippen LogP contribution >= 0.6 is 0 Å². The van der Waals surface area contributed by atoms with Gasteiger partial charge in [0.15, 0.2) is 6.10 Å². The molecule has 0 saturated carbocycles. The standard InChI is InChI=1S/C13H17NO3/c1-3-16-13(15)11-5-4-9-6-8(2)7-10(14)12(9)17-11/h6-7,11H,3-5,14H2,1-2H3. The number of rotatable bonds is 2. The van der Waals surface area contributed by atoms with Crippen molar-refractivity contribution >= 4 is 11.7 Å². The summed E-state index contributed by atoms with van der Waals surface area (Å²) >= 11 is 0. The van der Waals surface area contributed by atoms with E-state index in [0.717, 1.165) is 17.5 Å². The topological polar surface area (TPSA) is 61.5 Å². The van der Waals surface area contributed by atoms with Crippen LogP contribution in [0.25, 0.3) is 0 Å². The molecule has 0 bridgehead atoms. The number of benzene rings is 1. The molecule has 92 valence electrons. The number of hydrogen-bond donors (Lipinski definition) is 1. The van der Waals surface area contributed by atoms with Gasteiger partial charge in [0.05, 0.1) is 12.3 Å². The average Bonchev–Trinajstić information content (AvgIpc) is 2.28. The second-order valence-electron chi connectivity index (χ2n) is 4.24. The molecule has 1 aliphatic heterocycles. The van der Waals surface area contributed by atoms with Crippen molar-refractivity contribution in [2.24, 2.45) is 0 Å². The molecule has 1 aliphatic rings. The van der Waals surface area contributed by atoms with Gasteiger partial charge >= 0.3 is 5.97 Å². The molecule has 17 heavy (non-hydrogen) atoms. The summed E-state index contributed by atoms with van der Waals surface area (Å²) in [6.07, 6.45) is 0.923. The van der Waals surface area contributed by atoms with E-state index in [4.69, 9.17) is 15.2 Å². The molecule has 0 aromatic heterocycles. The van der Waals surface area contributed by atoms with Crippen molar-refractivity contribution in [1.82, 2.24) is 0 Å². The highest BCUT2D eigenvalue weighted by atomic mass is 16.6. The van der Waals surface area contributed by atoms with Crippen molar-refractivity contribution in [3.8, 4) is 5.75 Å². The van der Waals surface area contributed by atoms with Gasteiger partial charge in [-0.3, -0.25) is 0 Å². The molecule has 0 aliphatic carbocycles. The Kier molecular flexibility index (Phi) is 3.22. The minimum Gasteiger partial charge on any atom is -0.476 e. The Balaban J connectivity index is 2.21. The van der Waals surface area contributed by atoms with E-state index in [1.165, 1.54) is 0 Å². The molecule has 0 fully saturated rings. The molecule has 1 unspecified atom stereocenters. The molecule has 4 heteroatoms. The van der Waals surface area contributed by atoms with E-state index in [9.17, 15) is 4.79 Å². The lowest BCUT2D eigenvalue weighted by molar-refractivity contribution is -0.152. The normalized spacial score (nSPS) is 18.1. The van der Waals surface area contributed by atoms with Gasteiger partial charge in [-0.05, 0) is 43.9 Å². The second kappa shape index (κ2) is 4.65. The Morgan fingerprint density at radius 3 is 3.06 bits per heavy atom. The summed E-state index contributed by atoms with van der Waals surface area (Å²) in [5.41, 5.74) is 8.68. The summed E-state index contributed by atoms with van der Waals surface area (Å²) in [4.78, 5) is 11.6. The maximum atomic E-state index is 11.6. The summed E-state index contributed by atoms with van der Waals surface area (Å²) in [7, 11) is 0. The summed E-state index contributed by atoms with van der Waals surface area (Å²) in [6, 6.07) is 3.90. The zero-order valence-electron chi connectivity index (χ0n) is 10.2. The second-order valence-corrected chi connectivity index (χ2v) is 4.24. The maximum absolute atomic E-state index is 11.6. The van der Waals surface area contributed by atoms with E-state index in [1.807, 2.05) is 19.1 Å². The van der Waals surface area contributed by atoms with Crippen LogP contribution in [0.2, 0.25) is 0 Å². The van der Waals surface area contributed by atoms with Crippen molar-refractivity contribution in [1.29, 1.82) is 0 Å². The lowest BCUT2D eigenvalue weighted by Gasteiger charge is -2.26. The van der Waals surface area contributed by atoms with E-state index in [2.05, 4.69) is 0 Å². The largest absolute Gasteiger partial charge is 0.476 e. The monoisotopic (exact) mass is 235 g/mol. The van der Waals surface area contributed by atoms with E-state index in [-0.39, 0.29) is 5.97 Å². The predicted molar refractivity (Wildman–Crippen MR) is 65.0 cm³/mol. The number of anilines is 1. The van der Waals surface area contributed by atoms with Gasteiger partial charge in [-0.1, -0.05) is 6.07 Å². The predicted octanol–water partition coefficient (Wildman–Crippen LogP) is 1.83. The number of hydrogen-bond acceptors (Lipinski definition) is 4. The van der Waals surface area contributed by atoms with Gasteiger partial charge in [0.25, 0.3) is 0 Å². The highest BCUT2D eigenvalue weighted by Gasteiger charge is 2.28. The van der Waals surface area contributed by atoms with Gasteiger partial charge in [0, 0.05) is 0 Å². The first kappa shape index (κ1) is 11.8. The number of nitrogens with two attached hydrogens (primary N) is 1. The summed E-state index contributed by atoms with van der Waals surface area (Å²) in [5.74, 6) is 0.332. The molecule has 0 saturated heterocycles. The van der Waals surface area contributed by atoms with Crippen LogP contribution in [-0.4, -0.2) is 18.7 Å². The number of aryl methyl sites for hydroxylation is 2. The molecule has 1 heterocycles. The van der Waals surface area contributed by atoms with Gasteiger partial charge < -0.3 is 15.2 Å². The maximum Gasteiger partial charge on any atom is 0.347 e. The number of fused-ring (bicyclic) bond motifs is 1. The van der Waals surface area contributed by atoms with Crippen LogP contribution in [0.1, 0.15) is 24.5 Å². The molecular weight excluding hydrogens is 218 g/mol. The van der Waals surface area contributed by atoms with Crippen LogP contribution in [0.15, 0.2) is 12.1 Å². The smallest absolute Gasteiger partial charge is 0.347 e. The van der Waals surface area contributed by atoms with Gasteiger partial charge in [-0.2, -0.15) is 0 Å². The zero-order chi connectivity index (χ0) is 12.4. The number of esters is 1. The molecular formula is C13H17NO3. The third-order valence-corrected chi connectivity index (χ3v) is 2.82. The molecule has 1 aromatic carbocycles. The lowest BCUT2D eigenvalue weighted by atomic mass is 9.99. The van der Waals surface area contributed by atoms with Gasteiger partial charge in [0.1, 0.15) is 5.75 Å². The van der Waals surface area contributed by atoms with Crippen LogP contribution < -0.4 is 10.5 Å². The SMILES string of the molecule is CCOC(=O)C1CCc2cc(C)cc(N)c2O1. The summed E-state index contributed by atoms with van der Waals surface area (Å²) in [6.45, 7) is 4.15. The number of ether oxygens (including phenoxy) is 2. The van der Waals surface area contributed by atoms with Crippen LogP contribution in [0.3, 0.4) is 0 Å². The number of nitrogen functional groups attached to an aromatic ring is 1. The first-order chi connectivity index (χ1) is 8.11. The molecule has 0 radical (unpaired) electrons. The molecule has 2 N–H and O–H groups in total. The fraction of sp³-hybridized carbons (Fsp3) is 0.462. The average molecular weight is 235 g/mol. The quantitative estimate of drug-likeness (QED) is 0.627. The molecule has 1 aromatic rings. The Morgan fingerprint density at radius 1 is 1.59 bits per heavy atom. The number of carbonyl (C=O) groups excluding carboxylic acids is 1. The minimum absolute atomic E-state index is 0.307. The van der Waals surface area contributed by atoms with Crippen LogP contribution in [0.5, 0.6) is 5.75 Å². The fourth-order valence-electron chi connectivity index (χ4n) is 2.10. The molecule has 1 atom stereocenters. The van der Waals surface area contributed by atoms with Crippen LogP contribution in [0, 0.1) is 6.92 Å². The number of carbonyl (C=O) groups is 1. The molecule has 4 nitrogen and oxygen atoms in total. The Morgan fingerprint density at radius 2 is 2.35 bits per heavy atom. The Labute approximate surface area is 101 Å². The Bertz CT molecular complexity index is 443.